The number of aromatic nitrogens is 2. The van der Waals surface area contributed by atoms with E-state index in [2.05, 4.69) is 10.3 Å². The molecular formula is C23H25N3O4. The summed E-state index contributed by atoms with van der Waals surface area (Å²) in [5.41, 5.74) is 2.64. The molecule has 2 aromatic carbocycles. The van der Waals surface area contributed by atoms with Gasteiger partial charge in [0.05, 0.1) is 31.7 Å². The van der Waals surface area contributed by atoms with E-state index in [0.717, 1.165) is 22.7 Å². The van der Waals surface area contributed by atoms with Crippen molar-refractivity contribution < 1.29 is 19.0 Å². The van der Waals surface area contributed by atoms with Crippen LogP contribution in [0, 0.1) is 0 Å². The Balaban J connectivity index is 1.76. The van der Waals surface area contributed by atoms with Crippen LogP contribution in [0.25, 0.3) is 5.69 Å². The summed E-state index contributed by atoms with van der Waals surface area (Å²) in [5, 5.41) is 2.98. The van der Waals surface area contributed by atoms with Crippen LogP contribution in [0.3, 0.4) is 0 Å². The number of carbonyl (C=O) groups is 1. The summed E-state index contributed by atoms with van der Waals surface area (Å²) in [6.45, 7) is 3.93. The number of hydrogen-bond acceptors (Lipinski definition) is 5. The Labute approximate surface area is 175 Å². The van der Waals surface area contributed by atoms with Crippen LogP contribution < -0.4 is 19.5 Å². The standard InChI is InChI=1S/C23H25N3O4/c1-14(2)30-20-10-15(8-9-19(20)29-4)18-12-21(27)25-23-22(18)24-13-26(23)16-6-5-7-17(11-16)28-3/h5-11,13-14,18H,12H2,1-4H3,(H,25,27)/t18-/m0/s1. The Morgan fingerprint density at radius 2 is 1.93 bits per heavy atom. The molecule has 1 N–H and O–H groups in total. The fourth-order valence-corrected chi connectivity index (χ4v) is 3.69. The smallest absolute Gasteiger partial charge is 0.226 e. The molecule has 0 saturated heterocycles. The molecule has 1 aromatic heterocycles. The molecule has 1 aliphatic heterocycles. The van der Waals surface area contributed by atoms with Gasteiger partial charge in [-0.3, -0.25) is 9.36 Å². The first kappa shape index (κ1) is 19.8. The molecule has 0 spiro atoms. The highest BCUT2D eigenvalue weighted by Gasteiger charge is 2.31. The van der Waals surface area contributed by atoms with Gasteiger partial charge in [0.25, 0.3) is 0 Å². The van der Waals surface area contributed by atoms with Gasteiger partial charge in [0.15, 0.2) is 11.5 Å². The Hall–Kier alpha value is -3.48. The number of hydrogen-bond donors (Lipinski definition) is 1. The van der Waals surface area contributed by atoms with Crippen molar-refractivity contribution in [1.82, 2.24) is 9.55 Å². The van der Waals surface area contributed by atoms with E-state index >= 15 is 0 Å². The van der Waals surface area contributed by atoms with Gasteiger partial charge in [0, 0.05) is 18.4 Å². The lowest BCUT2D eigenvalue weighted by Gasteiger charge is -2.24. The number of nitrogens with one attached hydrogen (secondary N) is 1. The molecule has 7 heteroatoms. The normalized spacial score (nSPS) is 15.5. The third-order valence-corrected chi connectivity index (χ3v) is 5.06. The van der Waals surface area contributed by atoms with Crippen LogP contribution in [0.4, 0.5) is 5.82 Å². The molecule has 30 heavy (non-hydrogen) atoms. The van der Waals surface area contributed by atoms with Gasteiger partial charge in [-0.05, 0) is 43.7 Å². The van der Waals surface area contributed by atoms with Gasteiger partial charge in [-0.2, -0.15) is 0 Å². The van der Waals surface area contributed by atoms with Gasteiger partial charge < -0.3 is 19.5 Å². The highest BCUT2D eigenvalue weighted by Crippen LogP contribution is 2.40. The molecular weight excluding hydrogens is 382 g/mol. The molecule has 1 aliphatic rings. The van der Waals surface area contributed by atoms with Crippen LogP contribution >= 0.6 is 0 Å². The lowest BCUT2D eigenvalue weighted by atomic mass is 9.89. The molecule has 1 amide bonds. The number of imidazole rings is 1. The van der Waals surface area contributed by atoms with E-state index in [1.54, 1.807) is 20.5 Å². The van der Waals surface area contributed by atoms with E-state index in [1.165, 1.54) is 0 Å². The molecule has 0 aliphatic carbocycles. The number of ether oxygens (including phenoxy) is 3. The second kappa shape index (κ2) is 8.10. The number of carbonyl (C=O) groups excluding carboxylic acids is 1. The lowest BCUT2D eigenvalue weighted by Crippen LogP contribution is -2.25. The lowest BCUT2D eigenvalue weighted by molar-refractivity contribution is -0.116. The number of anilines is 1. The van der Waals surface area contributed by atoms with E-state index in [9.17, 15) is 4.79 Å². The van der Waals surface area contributed by atoms with Gasteiger partial charge in [0.2, 0.25) is 5.91 Å². The first-order chi connectivity index (χ1) is 14.5. The topological polar surface area (TPSA) is 74.6 Å². The summed E-state index contributed by atoms with van der Waals surface area (Å²) in [7, 11) is 3.24. The van der Waals surface area contributed by atoms with Gasteiger partial charge in [0.1, 0.15) is 17.9 Å². The third-order valence-electron chi connectivity index (χ3n) is 5.06. The van der Waals surface area contributed by atoms with E-state index in [1.807, 2.05) is 60.9 Å². The van der Waals surface area contributed by atoms with Crippen LogP contribution in [0.1, 0.15) is 37.4 Å². The predicted octanol–water partition coefficient (Wildman–Crippen LogP) is 4.15. The van der Waals surface area contributed by atoms with Gasteiger partial charge in [-0.15, -0.1) is 0 Å². The molecule has 4 rings (SSSR count). The molecule has 3 aromatic rings. The van der Waals surface area contributed by atoms with Gasteiger partial charge >= 0.3 is 0 Å². The van der Waals surface area contributed by atoms with Crippen molar-refractivity contribution in [2.75, 3.05) is 19.5 Å². The maximum absolute atomic E-state index is 12.6. The molecule has 156 valence electrons. The molecule has 7 nitrogen and oxygen atoms in total. The zero-order valence-corrected chi connectivity index (χ0v) is 17.5. The minimum Gasteiger partial charge on any atom is -0.497 e. The van der Waals surface area contributed by atoms with Crippen molar-refractivity contribution in [3.05, 3.63) is 60.0 Å². The maximum atomic E-state index is 12.6. The highest BCUT2D eigenvalue weighted by molar-refractivity contribution is 5.94. The SMILES string of the molecule is COc1cccc(-n2cnc3c2NC(=O)C[C@H]3c2ccc(OC)c(OC(C)C)c2)c1. The summed E-state index contributed by atoms with van der Waals surface area (Å²) in [6.07, 6.45) is 2.05. The fourth-order valence-electron chi connectivity index (χ4n) is 3.69. The second-order valence-electron chi connectivity index (χ2n) is 7.43. The first-order valence-corrected chi connectivity index (χ1v) is 9.86. The number of benzene rings is 2. The van der Waals surface area contributed by atoms with Crippen molar-refractivity contribution in [2.24, 2.45) is 0 Å². The molecule has 1 atom stereocenters. The van der Waals surface area contributed by atoms with Crippen molar-refractivity contribution in [3.63, 3.8) is 0 Å². The molecule has 2 heterocycles. The van der Waals surface area contributed by atoms with Crippen LogP contribution in [-0.4, -0.2) is 35.8 Å². The number of amides is 1. The fraction of sp³-hybridized carbons (Fsp3) is 0.304. The Bertz CT molecular complexity index is 1070. The van der Waals surface area contributed by atoms with Crippen molar-refractivity contribution in [1.29, 1.82) is 0 Å². The highest BCUT2D eigenvalue weighted by atomic mass is 16.5. The maximum Gasteiger partial charge on any atom is 0.226 e. The average Bonchev–Trinajstić information content (AvgIpc) is 3.16. The monoisotopic (exact) mass is 407 g/mol. The van der Waals surface area contributed by atoms with Crippen LogP contribution in [0.5, 0.6) is 17.2 Å². The Kier molecular flexibility index (Phi) is 5.35. The van der Waals surface area contributed by atoms with Crippen LogP contribution in [0.2, 0.25) is 0 Å². The van der Waals surface area contributed by atoms with E-state index < -0.39 is 0 Å². The minimum atomic E-state index is -0.180. The quantitative estimate of drug-likeness (QED) is 0.664. The van der Waals surface area contributed by atoms with Crippen molar-refractivity contribution in [3.8, 4) is 22.9 Å². The van der Waals surface area contributed by atoms with Crippen LogP contribution in [0.15, 0.2) is 48.8 Å². The van der Waals surface area contributed by atoms with E-state index in [-0.39, 0.29) is 17.9 Å². The number of nitrogens with zero attached hydrogens (tertiary/aromatic N) is 2. The minimum absolute atomic E-state index is 0.00614. The molecule has 0 radical (unpaired) electrons. The third kappa shape index (κ3) is 3.70. The van der Waals surface area contributed by atoms with Crippen LogP contribution in [-0.2, 0) is 4.79 Å². The van der Waals surface area contributed by atoms with Crippen molar-refractivity contribution in [2.45, 2.75) is 32.3 Å². The molecule has 0 saturated carbocycles. The predicted molar refractivity (Wildman–Crippen MR) is 114 cm³/mol. The zero-order chi connectivity index (χ0) is 21.3. The number of fused-ring (bicyclic) bond motifs is 1. The second-order valence-corrected chi connectivity index (χ2v) is 7.43. The summed E-state index contributed by atoms with van der Waals surface area (Å²) < 4.78 is 18.5. The van der Waals surface area contributed by atoms with E-state index in [4.69, 9.17) is 14.2 Å². The average molecular weight is 407 g/mol. The largest absolute Gasteiger partial charge is 0.497 e. The Morgan fingerprint density at radius 1 is 1.10 bits per heavy atom. The molecule has 0 fully saturated rings. The summed E-state index contributed by atoms with van der Waals surface area (Å²) in [6, 6.07) is 13.4. The molecule has 0 bridgehead atoms. The number of methoxy groups -OCH3 is 2. The summed E-state index contributed by atoms with van der Waals surface area (Å²) in [4.78, 5) is 17.2. The molecule has 0 unspecified atom stereocenters. The number of rotatable bonds is 6. The van der Waals surface area contributed by atoms with E-state index in [0.29, 0.717) is 23.7 Å². The summed E-state index contributed by atoms with van der Waals surface area (Å²) in [5.74, 6) is 2.49. The van der Waals surface area contributed by atoms with Gasteiger partial charge in [-0.25, -0.2) is 4.98 Å². The first-order valence-electron chi connectivity index (χ1n) is 9.86. The van der Waals surface area contributed by atoms with Gasteiger partial charge in [-0.1, -0.05) is 12.1 Å². The Morgan fingerprint density at radius 3 is 2.67 bits per heavy atom. The van der Waals surface area contributed by atoms with Crippen molar-refractivity contribution >= 4 is 11.7 Å². The zero-order valence-electron chi connectivity index (χ0n) is 17.5. The summed E-state index contributed by atoms with van der Waals surface area (Å²) >= 11 is 0.